The van der Waals surface area contributed by atoms with Gasteiger partial charge in [-0.3, -0.25) is 4.79 Å². The second-order valence-corrected chi connectivity index (χ2v) is 4.11. The maximum atomic E-state index is 12.9. The van der Waals surface area contributed by atoms with Crippen molar-refractivity contribution in [2.45, 2.75) is 6.92 Å². The second-order valence-electron chi connectivity index (χ2n) is 3.76. The van der Waals surface area contributed by atoms with E-state index in [4.69, 9.17) is 11.6 Å². The fourth-order valence-corrected chi connectivity index (χ4v) is 1.72. The molecule has 0 bridgehead atoms. The molecule has 2 rings (SSSR count). The molecule has 0 aliphatic rings. The van der Waals surface area contributed by atoms with Crippen molar-refractivity contribution in [3.05, 3.63) is 58.6 Å². The van der Waals surface area contributed by atoms with E-state index in [1.165, 1.54) is 24.4 Å². The van der Waals surface area contributed by atoms with Crippen molar-refractivity contribution < 1.29 is 9.18 Å². The summed E-state index contributed by atoms with van der Waals surface area (Å²) in [5.41, 5.74) is 1.39. The van der Waals surface area contributed by atoms with Gasteiger partial charge in [0.1, 0.15) is 5.82 Å². The zero-order valence-electron chi connectivity index (χ0n) is 9.58. The molecule has 0 fully saturated rings. The predicted molar refractivity (Wildman–Crippen MR) is 68.3 cm³/mol. The summed E-state index contributed by atoms with van der Waals surface area (Å²) in [6.45, 7) is 1.67. The van der Waals surface area contributed by atoms with Gasteiger partial charge in [-0.1, -0.05) is 11.6 Å². The number of benzene rings is 1. The van der Waals surface area contributed by atoms with E-state index in [9.17, 15) is 9.18 Å². The third-order valence-corrected chi connectivity index (χ3v) is 2.74. The van der Waals surface area contributed by atoms with Gasteiger partial charge in [-0.15, -0.1) is 0 Å². The van der Waals surface area contributed by atoms with Crippen LogP contribution >= 0.6 is 11.6 Å². The Labute approximate surface area is 109 Å². The Bertz CT molecular complexity index is 601. The van der Waals surface area contributed by atoms with E-state index in [1.54, 1.807) is 19.1 Å². The lowest BCUT2D eigenvalue weighted by molar-refractivity contribution is 0.102. The summed E-state index contributed by atoms with van der Waals surface area (Å²) in [4.78, 5) is 15.8. The Morgan fingerprint density at radius 3 is 2.83 bits per heavy atom. The maximum Gasteiger partial charge on any atom is 0.256 e. The number of halogens is 2. The highest BCUT2D eigenvalue weighted by molar-refractivity contribution is 6.32. The molecule has 92 valence electrons. The molecule has 3 nitrogen and oxygen atoms in total. The van der Waals surface area contributed by atoms with Crippen molar-refractivity contribution in [3.8, 4) is 0 Å². The summed E-state index contributed by atoms with van der Waals surface area (Å²) in [6.07, 6.45) is 1.53. The van der Waals surface area contributed by atoms with E-state index >= 15 is 0 Å². The number of amides is 1. The molecule has 0 atom stereocenters. The normalized spacial score (nSPS) is 10.2. The molecule has 18 heavy (non-hydrogen) atoms. The summed E-state index contributed by atoms with van der Waals surface area (Å²) in [7, 11) is 0. The fraction of sp³-hybridized carbons (Fsp3) is 0.0769. The average molecular weight is 265 g/mol. The summed E-state index contributed by atoms with van der Waals surface area (Å²) in [6, 6.07) is 7.29. The predicted octanol–water partition coefficient (Wildman–Crippen LogP) is 3.43. The van der Waals surface area contributed by atoms with Gasteiger partial charge in [-0.25, -0.2) is 9.37 Å². The standard InChI is InChI=1S/C13H10ClFN2O/c1-8-7-9(15)4-5-10(8)13(18)17-11-3-2-6-16-12(11)14/h2-7H,1H3,(H,17,18). The number of pyridine rings is 1. The number of nitrogens with one attached hydrogen (secondary N) is 1. The van der Waals surface area contributed by atoms with Crippen LogP contribution in [-0.2, 0) is 0 Å². The van der Waals surface area contributed by atoms with Crippen LogP contribution in [0.15, 0.2) is 36.5 Å². The first-order valence-corrected chi connectivity index (χ1v) is 5.64. The summed E-state index contributed by atoms with van der Waals surface area (Å²) >= 11 is 5.83. The lowest BCUT2D eigenvalue weighted by Gasteiger charge is -2.08. The molecule has 0 saturated heterocycles. The third kappa shape index (κ3) is 2.65. The van der Waals surface area contributed by atoms with Crippen molar-refractivity contribution in [2.24, 2.45) is 0 Å². The largest absolute Gasteiger partial charge is 0.319 e. The van der Waals surface area contributed by atoms with Gasteiger partial charge in [0.2, 0.25) is 0 Å². The van der Waals surface area contributed by atoms with Crippen LogP contribution < -0.4 is 5.32 Å². The lowest BCUT2D eigenvalue weighted by atomic mass is 10.1. The molecule has 0 radical (unpaired) electrons. The van der Waals surface area contributed by atoms with Gasteiger partial charge in [0.15, 0.2) is 5.15 Å². The van der Waals surface area contributed by atoms with Gasteiger partial charge in [0.05, 0.1) is 5.69 Å². The Hall–Kier alpha value is -1.94. The number of nitrogens with zero attached hydrogens (tertiary/aromatic N) is 1. The van der Waals surface area contributed by atoms with E-state index in [-0.39, 0.29) is 16.9 Å². The highest BCUT2D eigenvalue weighted by Gasteiger charge is 2.11. The minimum atomic E-state index is -0.372. The van der Waals surface area contributed by atoms with Crippen molar-refractivity contribution in [2.75, 3.05) is 5.32 Å². The first kappa shape index (κ1) is 12.5. The number of aryl methyl sites for hydroxylation is 1. The third-order valence-electron chi connectivity index (χ3n) is 2.44. The van der Waals surface area contributed by atoms with Crippen molar-refractivity contribution in [1.29, 1.82) is 0 Å². The number of rotatable bonds is 2. The van der Waals surface area contributed by atoms with E-state index in [1.807, 2.05) is 0 Å². The zero-order chi connectivity index (χ0) is 13.1. The van der Waals surface area contributed by atoms with Gasteiger partial charge < -0.3 is 5.32 Å². The Morgan fingerprint density at radius 2 is 2.17 bits per heavy atom. The van der Waals surface area contributed by atoms with E-state index in [2.05, 4.69) is 10.3 Å². The molecule has 1 aromatic heterocycles. The van der Waals surface area contributed by atoms with Crippen LogP contribution in [0.1, 0.15) is 15.9 Å². The molecular weight excluding hydrogens is 255 g/mol. The highest BCUT2D eigenvalue weighted by Crippen LogP contribution is 2.19. The number of anilines is 1. The van der Waals surface area contributed by atoms with Crippen molar-refractivity contribution in [3.63, 3.8) is 0 Å². The molecule has 0 spiro atoms. The highest BCUT2D eigenvalue weighted by atomic mass is 35.5. The molecule has 1 heterocycles. The first-order valence-electron chi connectivity index (χ1n) is 5.26. The molecule has 0 unspecified atom stereocenters. The first-order chi connectivity index (χ1) is 8.58. The lowest BCUT2D eigenvalue weighted by Crippen LogP contribution is -2.14. The molecule has 2 aromatic rings. The summed E-state index contributed by atoms with van der Waals surface area (Å²) in [5.74, 6) is -0.717. The quantitative estimate of drug-likeness (QED) is 0.845. The zero-order valence-corrected chi connectivity index (χ0v) is 10.3. The van der Waals surface area contributed by atoms with Gasteiger partial charge in [0, 0.05) is 11.8 Å². The number of carbonyl (C=O) groups is 1. The van der Waals surface area contributed by atoms with E-state index < -0.39 is 0 Å². The summed E-state index contributed by atoms with van der Waals surface area (Å²) < 4.78 is 12.9. The Balaban J connectivity index is 2.25. The van der Waals surface area contributed by atoms with Crippen LogP contribution in [-0.4, -0.2) is 10.9 Å². The Kier molecular flexibility index (Phi) is 3.58. The van der Waals surface area contributed by atoms with Crippen LogP contribution in [0.25, 0.3) is 0 Å². The molecule has 0 aliphatic carbocycles. The molecule has 1 aromatic carbocycles. The van der Waals surface area contributed by atoms with Gasteiger partial charge in [0.25, 0.3) is 5.91 Å². The van der Waals surface area contributed by atoms with Crippen LogP contribution in [0.5, 0.6) is 0 Å². The number of aromatic nitrogens is 1. The number of hydrogen-bond acceptors (Lipinski definition) is 2. The molecule has 1 amide bonds. The molecule has 0 aliphatic heterocycles. The van der Waals surface area contributed by atoms with Crippen LogP contribution in [0, 0.1) is 12.7 Å². The fourth-order valence-electron chi connectivity index (χ4n) is 1.55. The van der Waals surface area contributed by atoms with Crippen molar-refractivity contribution >= 4 is 23.2 Å². The van der Waals surface area contributed by atoms with Crippen LogP contribution in [0.3, 0.4) is 0 Å². The average Bonchev–Trinajstić information content (AvgIpc) is 2.32. The minimum absolute atomic E-state index is 0.214. The number of carbonyl (C=O) groups excluding carboxylic acids is 1. The van der Waals surface area contributed by atoms with Gasteiger partial charge in [-0.05, 0) is 42.8 Å². The van der Waals surface area contributed by atoms with Gasteiger partial charge >= 0.3 is 0 Å². The topological polar surface area (TPSA) is 42.0 Å². The van der Waals surface area contributed by atoms with Crippen molar-refractivity contribution in [1.82, 2.24) is 4.98 Å². The van der Waals surface area contributed by atoms with Gasteiger partial charge in [-0.2, -0.15) is 0 Å². The summed E-state index contributed by atoms with van der Waals surface area (Å²) in [5, 5.41) is 2.84. The minimum Gasteiger partial charge on any atom is -0.319 e. The van der Waals surface area contributed by atoms with Crippen LogP contribution in [0.2, 0.25) is 5.15 Å². The molecule has 5 heteroatoms. The Morgan fingerprint density at radius 1 is 1.39 bits per heavy atom. The molecule has 1 N–H and O–H groups in total. The van der Waals surface area contributed by atoms with E-state index in [0.29, 0.717) is 16.8 Å². The SMILES string of the molecule is Cc1cc(F)ccc1C(=O)Nc1cccnc1Cl. The maximum absolute atomic E-state index is 12.9. The molecular formula is C13H10ClFN2O. The number of hydrogen-bond donors (Lipinski definition) is 1. The monoisotopic (exact) mass is 264 g/mol. The van der Waals surface area contributed by atoms with Crippen LogP contribution in [0.4, 0.5) is 10.1 Å². The van der Waals surface area contributed by atoms with E-state index in [0.717, 1.165) is 0 Å². The molecule has 0 saturated carbocycles. The smallest absolute Gasteiger partial charge is 0.256 e. The second kappa shape index (κ2) is 5.14.